The van der Waals surface area contributed by atoms with Gasteiger partial charge >= 0.3 is 0 Å². The molecule has 0 aromatic heterocycles. The van der Waals surface area contributed by atoms with Crippen LogP contribution >= 0.6 is 10.9 Å². The molecule has 1 unspecified atom stereocenters. The standard InChI is InChI=1S/C22H30N2S/c1-13(2)23-22-24-21-18(9-8-10-19(21)25(22)14(3)4)20-16(6)11-15(5)12-17(20)7/h8-14,25H,1-7H3,(H,23,24). The Balaban J connectivity index is 2.20. The number of aliphatic imine (C=N–C) groups is 1. The molecule has 1 heterocycles. The van der Waals surface area contributed by atoms with Gasteiger partial charge in [0, 0.05) is 16.5 Å². The molecule has 2 nitrogen and oxygen atoms in total. The second kappa shape index (κ2) is 6.87. The van der Waals surface area contributed by atoms with Crippen LogP contribution in [0.3, 0.4) is 0 Å². The molecule has 0 radical (unpaired) electrons. The van der Waals surface area contributed by atoms with Crippen molar-refractivity contribution < 1.29 is 0 Å². The minimum atomic E-state index is -0.409. The third-order valence-corrected chi connectivity index (χ3v) is 7.20. The summed E-state index contributed by atoms with van der Waals surface area (Å²) in [7, 11) is -0.409. The first-order valence-electron chi connectivity index (χ1n) is 9.15. The summed E-state index contributed by atoms with van der Waals surface area (Å²) in [6.45, 7) is 15.6. The summed E-state index contributed by atoms with van der Waals surface area (Å²) in [5, 5.41) is 5.38. The van der Waals surface area contributed by atoms with Gasteiger partial charge in [0.2, 0.25) is 0 Å². The van der Waals surface area contributed by atoms with Gasteiger partial charge in [0.1, 0.15) is 5.17 Å². The van der Waals surface area contributed by atoms with Crippen molar-refractivity contribution >= 4 is 21.8 Å². The molecule has 1 aliphatic rings. The number of amidine groups is 1. The Bertz CT molecular complexity index is 811. The first-order chi connectivity index (χ1) is 11.8. The van der Waals surface area contributed by atoms with Crippen molar-refractivity contribution in [2.45, 2.75) is 64.7 Å². The summed E-state index contributed by atoms with van der Waals surface area (Å²) in [6.07, 6.45) is 0. The van der Waals surface area contributed by atoms with Gasteiger partial charge in [-0.3, -0.25) is 0 Å². The third kappa shape index (κ3) is 3.35. The minimum Gasteiger partial charge on any atom is -0.364 e. The Morgan fingerprint density at radius 1 is 0.960 bits per heavy atom. The predicted octanol–water partition coefficient (Wildman–Crippen LogP) is 6.05. The summed E-state index contributed by atoms with van der Waals surface area (Å²) in [5.74, 6) is 0. The minimum absolute atomic E-state index is 0.406. The van der Waals surface area contributed by atoms with E-state index in [1.54, 1.807) is 0 Å². The van der Waals surface area contributed by atoms with Crippen molar-refractivity contribution in [2.24, 2.45) is 4.99 Å². The van der Waals surface area contributed by atoms with Crippen LogP contribution < -0.4 is 5.32 Å². The highest BCUT2D eigenvalue weighted by atomic mass is 32.2. The lowest BCUT2D eigenvalue weighted by Crippen LogP contribution is -2.30. The van der Waals surface area contributed by atoms with Gasteiger partial charge in [0.05, 0.1) is 5.69 Å². The van der Waals surface area contributed by atoms with Gasteiger partial charge in [0.25, 0.3) is 0 Å². The van der Waals surface area contributed by atoms with Gasteiger partial charge in [-0.1, -0.05) is 43.7 Å². The highest BCUT2D eigenvalue weighted by Crippen LogP contribution is 2.55. The molecule has 0 saturated carbocycles. The van der Waals surface area contributed by atoms with Crippen LogP contribution in [0.4, 0.5) is 5.69 Å². The van der Waals surface area contributed by atoms with Crippen molar-refractivity contribution in [1.82, 2.24) is 5.32 Å². The van der Waals surface area contributed by atoms with Gasteiger partial charge in [-0.2, -0.15) is 10.9 Å². The lowest BCUT2D eigenvalue weighted by atomic mass is 9.93. The van der Waals surface area contributed by atoms with E-state index >= 15 is 0 Å². The molecule has 1 aliphatic heterocycles. The van der Waals surface area contributed by atoms with Gasteiger partial charge in [-0.05, 0) is 62.6 Å². The van der Waals surface area contributed by atoms with Crippen LogP contribution in [0.2, 0.25) is 0 Å². The van der Waals surface area contributed by atoms with Crippen molar-refractivity contribution in [2.75, 3.05) is 0 Å². The number of nitrogens with zero attached hydrogens (tertiary/aromatic N) is 1. The fourth-order valence-corrected chi connectivity index (χ4v) is 6.33. The highest BCUT2D eigenvalue weighted by Gasteiger charge is 2.29. The van der Waals surface area contributed by atoms with Crippen LogP contribution in [-0.2, 0) is 0 Å². The quantitative estimate of drug-likeness (QED) is 0.645. The molecule has 0 fully saturated rings. The molecule has 3 rings (SSSR count). The number of rotatable bonds is 3. The summed E-state index contributed by atoms with van der Waals surface area (Å²) in [6, 6.07) is 11.7. The first-order valence-corrected chi connectivity index (χ1v) is 10.6. The van der Waals surface area contributed by atoms with Crippen LogP contribution in [0.5, 0.6) is 0 Å². The summed E-state index contributed by atoms with van der Waals surface area (Å²) >= 11 is 0. The molecular formula is C22H30N2S. The van der Waals surface area contributed by atoms with E-state index in [4.69, 9.17) is 4.99 Å². The summed E-state index contributed by atoms with van der Waals surface area (Å²) in [5.41, 5.74) is 7.79. The molecule has 0 spiro atoms. The summed E-state index contributed by atoms with van der Waals surface area (Å²) in [4.78, 5) is 6.53. The molecule has 2 aromatic carbocycles. The zero-order chi connectivity index (χ0) is 18.3. The Labute approximate surface area is 155 Å². The Morgan fingerprint density at radius 3 is 2.16 bits per heavy atom. The number of nitrogens with one attached hydrogen (secondary N) is 1. The Kier molecular flexibility index (Phi) is 4.97. The van der Waals surface area contributed by atoms with Crippen molar-refractivity contribution in [1.29, 1.82) is 0 Å². The average molecular weight is 355 g/mol. The number of fused-ring (bicyclic) bond motifs is 1. The van der Waals surface area contributed by atoms with E-state index in [0.717, 1.165) is 0 Å². The molecule has 134 valence electrons. The number of thiol groups is 1. The maximum Gasteiger partial charge on any atom is 0.146 e. The molecule has 1 N–H and O–H groups in total. The fourth-order valence-electron chi connectivity index (χ4n) is 3.81. The molecule has 0 aliphatic carbocycles. The maximum absolute atomic E-state index is 5.11. The monoisotopic (exact) mass is 354 g/mol. The highest BCUT2D eigenvalue weighted by molar-refractivity contribution is 8.30. The van der Waals surface area contributed by atoms with E-state index in [-0.39, 0.29) is 0 Å². The number of hydrogen-bond donors (Lipinski definition) is 2. The molecule has 0 amide bonds. The predicted molar refractivity (Wildman–Crippen MR) is 114 cm³/mol. The maximum atomic E-state index is 5.11. The first kappa shape index (κ1) is 18.1. The number of aryl methyl sites for hydroxylation is 3. The van der Waals surface area contributed by atoms with Crippen molar-refractivity contribution in [3.8, 4) is 11.1 Å². The number of benzene rings is 2. The smallest absolute Gasteiger partial charge is 0.146 e. The van der Waals surface area contributed by atoms with Gasteiger partial charge in [0.15, 0.2) is 0 Å². The zero-order valence-electron chi connectivity index (χ0n) is 16.4. The van der Waals surface area contributed by atoms with E-state index < -0.39 is 10.9 Å². The van der Waals surface area contributed by atoms with E-state index in [2.05, 4.69) is 84.1 Å². The molecule has 25 heavy (non-hydrogen) atoms. The van der Waals surface area contributed by atoms with E-state index in [1.807, 2.05) is 0 Å². The van der Waals surface area contributed by atoms with Crippen LogP contribution in [-0.4, -0.2) is 16.5 Å². The molecule has 2 aromatic rings. The lowest BCUT2D eigenvalue weighted by Gasteiger charge is -2.25. The van der Waals surface area contributed by atoms with E-state index in [0.29, 0.717) is 11.3 Å². The van der Waals surface area contributed by atoms with E-state index in [9.17, 15) is 0 Å². The fraction of sp³-hybridized carbons (Fsp3) is 0.409. The summed E-state index contributed by atoms with van der Waals surface area (Å²) < 4.78 is 0. The van der Waals surface area contributed by atoms with Crippen LogP contribution in [0.1, 0.15) is 44.4 Å². The normalized spacial score (nSPS) is 17.8. The largest absolute Gasteiger partial charge is 0.364 e. The molecule has 0 bridgehead atoms. The van der Waals surface area contributed by atoms with Crippen molar-refractivity contribution in [3.05, 3.63) is 47.0 Å². The lowest BCUT2D eigenvalue weighted by molar-refractivity contribution is 0.740. The topological polar surface area (TPSA) is 24.4 Å². The Morgan fingerprint density at radius 2 is 1.60 bits per heavy atom. The second-order valence-electron chi connectivity index (χ2n) is 7.65. The Hall–Kier alpha value is -1.74. The average Bonchev–Trinajstić information content (AvgIpc) is 2.84. The molecule has 0 saturated heterocycles. The van der Waals surface area contributed by atoms with Crippen LogP contribution in [0.15, 0.2) is 40.2 Å². The zero-order valence-corrected chi connectivity index (χ0v) is 17.3. The molecule has 1 atom stereocenters. The number of hydrogen-bond acceptors (Lipinski definition) is 2. The molecular weight excluding hydrogens is 324 g/mol. The third-order valence-electron chi connectivity index (χ3n) is 4.60. The number of para-hydroxylation sites is 1. The van der Waals surface area contributed by atoms with Gasteiger partial charge in [-0.25, -0.2) is 4.99 Å². The van der Waals surface area contributed by atoms with Crippen LogP contribution in [0.25, 0.3) is 11.1 Å². The van der Waals surface area contributed by atoms with E-state index in [1.165, 1.54) is 43.6 Å². The SMILES string of the molecule is Cc1cc(C)c(-c2cccc3c2N=C(NC(C)C)[SH]3C(C)C)c(C)c1. The second-order valence-corrected chi connectivity index (χ2v) is 10.3. The van der Waals surface area contributed by atoms with Crippen molar-refractivity contribution in [3.63, 3.8) is 0 Å². The van der Waals surface area contributed by atoms with Gasteiger partial charge in [-0.15, -0.1) is 0 Å². The molecule has 3 heteroatoms. The van der Waals surface area contributed by atoms with Gasteiger partial charge < -0.3 is 5.32 Å². The van der Waals surface area contributed by atoms with Crippen LogP contribution in [0, 0.1) is 20.8 Å².